The zero-order valence-electron chi connectivity index (χ0n) is 15.3. The SMILES string of the molecule is C=CC(C)(O)CCC(CC)CCCC(C)CCCC(C)C. The molecule has 1 nitrogen and oxygen atoms in total. The summed E-state index contributed by atoms with van der Waals surface area (Å²) in [6.07, 6.45) is 13.1. The highest BCUT2D eigenvalue weighted by molar-refractivity contribution is 4.91. The second-order valence-electron chi connectivity index (χ2n) is 7.74. The molecule has 0 aromatic heterocycles. The Hall–Kier alpha value is -0.300. The summed E-state index contributed by atoms with van der Waals surface area (Å²) in [6, 6.07) is 0. The molecule has 0 aromatic carbocycles. The van der Waals surface area contributed by atoms with Crippen molar-refractivity contribution in [1.29, 1.82) is 0 Å². The van der Waals surface area contributed by atoms with Crippen molar-refractivity contribution in [3.05, 3.63) is 12.7 Å². The average Bonchev–Trinajstić information content (AvgIpc) is 2.42. The standard InChI is InChI=1S/C20H40O/c1-7-19(15-16-20(6,21)8-2)14-10-13-18(5)12-9-11-17(3)4/h8,17-19,21H,2,7,9-16H2,1,3-6H3. The van der Waals surface area contributed by atoms with Gasteiger partial charge in [0.15, 0.2) is 0 Å². The van der Waals surface area contributed by atoms with Crippen LogP contribution in [0.15, 0.2) is 12.7 Å². The molecule has 3 atom stereocenters. The Balaban J connectivity index is 3.78. The molecule has 0 amide bonds. The van der Waals surface area contributed by atoms with Gasteiger partial charge in [-0.2, -0.15) is 0 Å². The van der Waals surface area contributed by atoms with Crippen molar-refractivity contribution in [2.75, 3.05) is 0 Å². The molecule has 3 unspecified atom stereocenters. The lowest BCUT2D eigenvalue weighted by atomic mass is 9.87. The molecule has 0 spiro atoms. The molecule has 0 saturated carbocycles. The predicted molar refractivity (Wildman–Crippen MR) is 95.5 cm³/mol. The van der Waals surface area contributed by atoms with Gasteiger partial charge in [0.2, 0.25) is 0 Å². The first kappa shape index (κ1) is 20.7. The van der Waals surface area contributed by atoms with Gasteiger partial charge in [0, 0.05) is 0 Å². The van der Waals surface area contributed by atoms with Crippen molar-refractivity contribution < 1.29 is 5.11 Å². The maximum atomic E-state index is 10.0. The smallest absolute Gasteiger partial charge is 0.0797 e. The molecule has 0 rings (SSSR count). The first-order chi connectivity index (χ1) is 9.80. The Kier molecular flexibility index (Phi) is 11.1. The van der Waals surface area contributed by atoms with Crippen molar-refractivity contribution in [2.24, 2.45) is 17.8 Å². The molecule has 126 valence electrons. The van der Waals surface area contributed by atoms with Crippen LogP contribution in [0.5, 0.6) is 0 Å². The van der Waals surface area contributed by atoms with Gasteiger partial charge >= 0.3 is 0 Å². The van der Waals surface area contributed by atoms with Crippen molar-refractivity contribution >= 4 is 0 Å². The first-order valence-corrected chi connectivity index (χ1v) is 9.16. The molecule has 0 aliphatic heterocycles. The zero-order valence-corrected chi connectivity index (χ0v) is 15.3. The molecule has 0 saturated heterocycles. The highest BCUT2D eigenvalue weighted by Gasteiger charge is 2.17. The van der Waals surface area contributed by atoms with Crippen LogP contribution < -0.4 is 0 Å². The minimum absolute atomic E-state index is 0.683. The van der Waals surface area contributed by atoms with Crippen LogP contribution in [-0.2, 0) is 0 Å². The average molecular weight is 297 g/mol. The van der Waals surface area contributed by atoms with Gasteiger partial charge < -0.3 is 5.11 Å². The van der Waals surface area contributed by atoms with E-state index in [0.717, 1.165) is 30.6 Å². The summed E-state index contributed by atoms with van der Waals surface area (Å²) in [5.41, 5.74) is -0.683. The van der Waals surface area contributed by atoms with E-state index in [2.05, 4.69) is 34.3 Å². The van der Waals surface area contributed by atoms with Crippen LogP contribution >= 0.6 is 0 Å². The van der Waals surface area contributed by atoms with E-state index in [4.69, 9.17) is 0 Å². The third-order valence-corrected chi connectivity index (χ3v) is 4.86. The van der Waals surface area contributed by atoms with Crippen molar-refractivity contribution in [1.82, 2.24) is 0 Å². The van der Waals surface area contributed by atoms with E-state index in [9.17, 15) is 5.11 Å². The Labute approximate surface area is 134 Å². The van der Waals surface area contributed by atoms with Gasteiger partial charge in [0.05, 0.1) is 5.60 Å². The highest BCUT2D eigenvalue weighted by Crippen LogP contribution is 2.25. The zero-order chi connectivity index (χ0) is 16.3. The van der Waals surface area contributed by atoms with Crippen LogP contribution in [-0.4, -0.2) is 10.7 Å². The van der Waals surface area contributed by atoms with Crippen LogP contribution in [0.25, 0.3) is 0 Å². The second-order valence-corrected chi connectivity index (χ2v) is 7.74. The van der Waals surface area contributed by atoms with Gasteiger partial charge in [-0.15, -0.1) is 6.58 Å². The van der Waals surface area contributed by atoms with Gasteiger partial charge in [-0.1, -0.05) is 78.7 Å². The van der Waals surface area contributed by atoms with Crippen LogP contribution in [0.4, 0.5) is 0 Å². The monoisotopic (exact) mass is 296 g/mol. The highest BCUT2D eigenvalue weighted by atomic mass is 16.3. The summed E-state index contributed by atoms with van der Waals surface area (Å²) in [6.45, 7) is 14.9. The molecular weight excluding hydrogens is 256 g/mol. The van der Waals surface area contributed by atoms with Crippen molar-refractivity contribution in [3.63, 3.8) is 0 Å². The summed E-state index contributed by atoms with van der Waals surface area (Å²) in [4.78, 5) is 0. The van der Waals surface area contributed by atoms with Gasteiger partial charge in [0.1, 0.15) is 0 Å². The fourth-order valence-corrected chi connectivity index (χ4v) is 2.92. The topological polar surface area (TPSA) is 20.2 Å². The number of hydrogen-bond donors (Lipinski definition) is 1. The van der Waals surface area contributed by atoms with E-state index >= 15 is 0 Å². The molecule has 21 heavy (non-hydrogen) atoms. The van der Waals surface area contributed by atoms with Crippen LogP contribution in [0, 0.1) is 17.8 Å². The molecule has 0 fully saturated rings. The van der Waals surface area contributed by atoms with Crippen LogP contribution in [0.1, 0.15) is 92.4 Å². The van der Waals surface area contributed by atoms with E-state index in [1.807, 2.05) is 6.92 Å². The minimum Gasteiger partial charge on any atom is -0.386 e. The molecule has 0 radical (unpaired) electrons. The maximum absolute atomic E-state index is 10.0. The predicted octanol–water partition coefficient (Wildman–Crippen LogP) is 6.36. The number of aliphatic hydroxyl groups is 1. The number of hydrogen-bond acceptors (Lipinski definition) is 1. The fourth-order valence-electron chi connectivity index (χ4n) is 2.92. The van der Waals surface area contributed by atoms with E-state index in [1.54, 1.807) is 6.08 Å². The van der Waals surface area contributed by atoms with Gasteiger partial charge in [0.25, 0.3) is 0 Å². The van der Waals surface area contributed by atoms with Crippen LogP contribution in [0.2, 0.25) is 0 Å². The summed E-state index contributed by atoms with van der Waals surface area (Å²) >= 11 is 0. The lowest BCUT2D eigenvalue weighted by Crippen LogP contribution is -2.21. The molecule has 1 N–H and O–H groups in total. The lowest BCUT2D eigenvalue weighted by Gasteiger charge is -2.22. The quantitative estimate of drug-likeness (QED) is 0.392. The Morgan fingerprint density at radius 1 is 1.00 bits per heavy atom. The molecule has 0 aromatic rings. The summed E-state index contributed by atoms with van der Waals surface area (Å²) in [5.74, 6) is 2.48. The third kappa shape index (κ3) is 12.0. The first-order valence-electron chi connectivity index (χ1n) is 9.16. The Morgan fingerprint density at radius 3 is 2.05 bits per heavy atom. The summed E-state index contributed by atoms with van der Waals surface area (Å²) < 4.78 is 0. The molecule has 0 bridgehead atoms. The van der Waals surface area contributed by atoms with E-state index in [1.165, 1.54) is 44.9 Å². The Bertz CT molecular complexity index is 255. The van der Waals surface area contributed by atoms with E-state index in [-0.39, 0.29) is 0 Å². The largest absolute Gasteiger partial charge is 0.386 e. The summed E-state index contributed by atoms with van der Waals surface area (Å²) in [7, 11) is 0. The normalized spacial score (nSPS) is 17.5. The molecule has 0 aliphatic rings. The van der Waals surface area contributed by atoms with Crippen LogP contribution in [0.3, 0.4) is 0 Å². The maximum Gasteiger partial charge on any atom is 0.0797 e. The van der Waals surface area contributed by atoms with Gasteiger partial charge in [-0.05, 0) is 37.5 Å². The van der Waals surface area contributed by atoms with Gasteiger partial charge in [-0.3, -0.25) is 0 Å². The fraction of sp³-hybridized carbons (Fsp3) is 0.900. The molecule has 1 heteroatoms. The van der Waals surface area contributed by atoms with Crippen molar-refractivity contribution in [2.45, 2.75) is 98.0 Å². The third-order valence-electron chi connectivity index (χ3n) is 4.86. The summed E-state index contributed by atoms with van der Waals surface area (Å²) in [5, 5.41) is 10.0. The van der Waals surface area contributed by atoms with Crippen molar-refractivity contribution in [3.8, 4) is 0 Å². The molecule has 0 heterocycles. The minimum atomic E-state index is -0.683. The van der Waals surface area contributed by atoms with E-state index in [0.29, 0.717) is 0 Å². The molecule has 0 aliphatic carbocycles. The van der Waals surface area contributed by atoms with E-state index < -0.39 is 5.60 Å². The second kappa shape index (κ2) is 11.3. The lowest BCUT2D eigenvalue weighted by molar-refractivity contribution is 0.0925. The number of rotatable bonds is 13. The Morgan fingerprint density at radius 2 is 1.57 bits per heavy atom. The molecular formula is C20H40O. The van der Waals surface area contributed by atoms with Gasteiger partial charge in [-0.25, -0.2) is 0 Å².